The molecule has 2 aromatic rings. The fraction of sp³-hybridized carbons (Fsp3) is 0.529. The van der Waals surface area contributed by atoms with Crippen molar-refractivity contribution in [3.63, 3.8) is 0 Å². The zero-order valence-electron chi connectivity index (χ0n) is 14.5. The summed E-state index contributed by atoms with van der Waals surface area (Å²) in [5.74, 6) is 1.03. The minimum absolute atomic E-state index is 0.160. The number of urea groups is 1. The molecule has 2 fully saturated rings. The van der Waals surface area contributed by atoms with Gasteiger partial charge in [-0.3, -0.25) is 15.2 Å². The van der Waals surface area contributed by atoms with Gasteiger partial charge in [0.25, 0.3) is 5.91 Å². The van der Waals surface area contributed by atoms with E-state index in [1.807, 2.05) is 6.07 Å². The van der Waals surface area contributed by atoms with Crippen LogP contribution in [0.1, 0.15) is 26.7 Å². The standard InChI is InChI=1S/C17H22N6O2/c1-11(2)10-23-16(25)20-15(24)17(23)4-7-22(8-5-17)14-12-9-19-21-13(12)3-6-18-14/h3,6,9,11H,4-5,7-8,10H2,1-2H3,(H,19,21)(H,20,24,25). The molecule has 1 spiro atoms. The maximum absolute atomic E-state index is 12.5. The van der Waals surface area contributed by atoms with Crippen molar-refractivity contribution in [2.45, 2.75) is 32.2 Å². The lowest BCUT2D eigenvalue weighted by molar-refractivity contribution is -0.127. The van der Waals surface area contributed by atoms with Crippen LogP contribution >= 0.6 is 0 Å². The van der Waals surface area contributed by atoms with Gasteiger partial charge in [0.15, 0.2) is 0 Å². The summed E-state index contributed by atoms with van der Waals surface area (Å²) in [6, 6.07) is 1.63. The van der Waals surface area contributed by atoms with Crippen LogP contribution in [0.3, 0.4) is 0 Å². The maximum Gasteiger partial charge on any atom is 0.325 e. The minimum Gasteiger partial charge on any atom is -0.356 e. The summed E-state index contributed by atoms with van der Waals surface area (Å²) in [4.78, 5) is 33.2. The molecular weight excluding hydrogens is 320 g/mol. The molecule has 8 heteroatoms. The Balaban J connectivity index is 1.59. The number of imide groups is 1. The zero-order valence-corrected chi connectivity index (χ0v) is 14.5. The monoisotopic (exact) mass is 342 g/mol. The van der Waals surface area contributed by atoms with Gasteiger partial charge in [0.1, 0.15) is 11.4 Å². The van der Waals surface area contributed by atoms with Crippen molar-refractivity contribution in [2.75, 3.05) is 24.5 Å². The third-order valence-corrected chi connectivity index (χ3v) is 5.19. The molecule has 8 nitrogen and oxygen atoms in total. The van der Waals surface area contributed by atoms with Crippen LogP contribution in [-0.2, 0) is 4.79 Å². The molecule has 2 aliphatic heterocycles. The summed E-state index contributed by atoms with van der Waals surface area (Å²) in [6.07, 6.45) is 4.75. The van der Waals surface area contributed by atoms with Gasteiger partial charge in [-0.25, -0.2) is 9.78 Å². The molecule has 132 valence electrons. The van der Waals surface area contributed by atoms with E-state index in [-0.39, 0.29) is 11.9 Å². The number of pyridine rings is 1. The predicted octanol–water partition coefficient (Wildman–Crippen LogP) is 1.50. The molecule has 2 aliphatic rings. The fourth-order valence-electron chi connectivity index (χ4n) is 3.91. The number of carbonyl (C=O) groups is 2. The van der Waals surface area contributed by atoms with Gasteiger partial charge in [-0.15, -0.1) is 0 Å². The highest BCUT2D eigenvalue weighted by atomic mass is 16.2. The number of amides is 3. The van der Waals surface area contributed by atoms with Gasteiger partial charge in [-0.1, -0.05) is 13.8 Å². The smallest absolute Gasteiger partial charge is 0.325 e. The van der Waals surface area contributed by atoms with Crippen LogP contribution in [0.15, 0.2) is 18.5 Å². The molecule has 2 N–H and O–H groups in total. The van der Waals surface area contributed by atoms with Crippen LogP contribution < -0.4 is 10.2 Å². The number of fused-ring (bicyclic) bond motifs is 1. The van der Waals surface area contributed by atoms with Gasteiger partial charge >= 0.3 is 6.03 Å². The topological polar surface area (TPSA) is 94.2 Å². The van der Waals surface area contributed by atoms with E-state index in [1.54, 1.807) is 17.3 Å². The van der Waals surface area contributed by atoms with E-state index in [1.165, 1.54) is 0 Å². The quantitative estimate of drug-likeness (QED) is 0.825. The van der Waals surface area contributed by atoms with E-state index in [4.69, 9.17) is 0 Å². The first kappa shape index (κ1) is 15.9. The van der Waals surface area contributed by atoms with Gasteiger partial charge < -0.3 is 9.80 Å². The van der Waals surface area contributed by atoms with E-state index in [0.29, 0.717) is 38.4 Å². The molecule has 0 bridgehead atoms. The highest BCUT2D eigenvalue weighted by Gasteiger charge is 2.54. The van der Waals surface area contributed by atoms with Crippen LogP contribution in [0.2, 0.25) is 0 Å². The fourth-order valence-corrected chi connectivity index (χ4v) is 3.91. The molecule has 0 aliphatic carbocycles. The normalized spacial score (nSPS) is 20.1. The number of piperidine rings is 1. The Morgan fingerprint density at radius 2 is 2.04 bits per heavy atom. The second kappa shape index (κ2) is 5.72. The Bertz CT molecular complexity index is 821. The number of carbonyl (C=O) groups excluding carboxylic acids is 2. The van der Waals surface area contributed by atoms with Gasteiger partial charge in [0.05, 0.1) is 17.1 Å². The van der Waals surface area contributed by atoms with E-state index in [2.05, 4.69) is 39.2 Å². The summed E-state index contributed by atoms with van der Waals surface area (Å²) in [7, 11) is 0. The summed E-state index contributed by atoms with van der Waals surface area (Å²) >= 11 is 0. The minimum atomic E-state index is -0.720. The lowest BCUT2D eigenvalue weighted by Crippen LogP contribution is -2.57. The highest BCUT2D eigenvalue weighted by molar-refractivity contribution is 6.07. The summed E-state index contributed by atoms with van der Waals surface area (Å²) in [6.45, 7) is 6.05. The predicted molar refractivity (Wildman–Crippen MR) is 93.1 cm³/mol. The Morgan fingerprint density at radius 3 is 2.76 bits per heavy atom. The maximum atomic E-state index is 12.5. The molecule has 3 amide bonds. The molecule has 25 heavy (non-hydrogen) atoms. The molecule has 4 rings (SSSR count). The van der Waals surface area contributed by atoms with Crippen molar-refractivity contribution in [2.24, 2.45) is 5.92 Å². The van der Waals surface area contributed by atoms with Crippen molar-refractivity contribution >= 4 is 28.7 Å². The van der Waals surface area contributed by atoms with Crippen LogP contribution in [0, 0.1) is 5.92 Å². The van der Waals surface area contributed by atoms with Crippen molar-refractivity contribution in [1.82, 2.24) is 25.4 Å². The number of anilines is 1. The Morgan fingerprint density at radius 1 is 1.28 bits per heavy atom. The van der Waals surface area contributed by atoms with Gasteiger partial charge in [-0.05, 0) is 24.8 Å². The van der Waals surface area contributed by atoms with E-state index < -0.39 is 5.54 Å². The van der Waals surface area contributed by atoms with Gasteiger partial charge in [0.2, 0.25) is 0 Å². The molecule has 0 aromatic carbocycles. The SMILES string of the molecule is CC(C)CN1C(=O)NC(=O)C12CCN(c1nccc3[nH]ncc13)CC2. The largest absolute Gasteiger partial charge is 0.356 e. The molecule has 4 heterocycles. The van der Waals surface area contributed by atoms with Crippen molar-refractivity contribution in [1.29, 1.82) is 0 Å². The summed E-state index contributed by atoms with van der Waals surface area (Å²) < 4.78 is 0. The van der Waals surface area contributed by atoms with E-state index in [0.717, 1.165) is 16.7 Å². The number of aromatic amines is 1. The molecule has 0 atom stereocenters. The second-order valence-corrected chi connectivity index (χ2v) is 7.25. The van der Waals surface area contributed by atoms with Crippen LogP contribution in [0.25, 0.3) is 10.9 Å². The number of nitrogens with one attached hydrogen (secondary N) is 2. The highest BCUT2D eigenvalue weighted by Crippen LogP contribution is 2.36. The third kappa shape index (κ3) is 2.43. The number of aromatic nitrogens is 3. The second-order valence-electron chi connectivity index (χ2n) is 7.25. The Labute approximate surface area is 145 Å². The van der Waals surface area contributed by atoms with E-state index in [9.17, 15) is 9.59 Å². The summed E-state index contributed by atoms with van der Waals surface area (Å²) in [5.41, 5.74) is 0.225. The first-order valence-electron chi connectivity index (χ1n) is 8.67. The van der Waals surface area contributed by atoms with Gasteiger partial charge in [-0.2, -0.15) is 5.10 Å². The average molecular weight is 342 g/mol. The molecule has 0 saturated carbocycles. The molecule has 2 aromatic heterocycles. The van der Waals surface area contributed by atoms with Crippen molar-refractivity contribution in [3.8, 4) is 0 Å². The molecule has 0 unspecified atom stereocenters. The number of nitrogens with zero attached hydrogens (tertiary/aromatic N) is 4. The number of rotatable bonds is 3. The van der Waals surface area contributed by atoms with E-state index >= 15 is 0 Å². The third-order valence-electron chi connectivity index (χ3n) is 5.19. The first-order chi connectivity index (χ1) is 12.0. The van der Waals surface area contributed by atoms with Crippen LogP contribution in [0.4, 0.5) is 10.6 Å². The van der Waals surface area contributed by atoms with Crippen LogP contribution in [-0.4, -0.2) is 57.2 Å². The first-order valence-corrected chi connectivity index (χ1v) is 8.67. The number of hydrogen-bond acceptors (Lipinski definition) is 5. The lowest BCUT2D eigenvalue weighted by atomic mass is 9.85. The summed E-state index contributed by atoms with van der Waals surface area (Å²) in [5, 5.41) is 10.5. The van der Waals surface area contributed by atoms with Crippen LogP contribution in [0.5, 0.6) is 0 Å². The number of hydrogen-bond donors (Lipinski definition) is 2. The molecule has 2 saturated heterocycles. The van der Waals surface area contributed by atoms with Gasteiger partial charge in [0, 0.05) is 25.8 Å². The molecule has 0 radical (unpaired) electrons. The zero-order chi connectivity index (χ0) is 17.6. The Hall–Kier alpha value is -2.64. The van der Waals surface area contributed by atoms with Crippen molar-refractivity contribution < 1.29 is 9.59 Å². The lowest BCUT2D eigenvalue weighted by Gasteiger charge is -2.43. The molecular formula is C17H22N6O2. The van der Waals surface area contributed by atoms with Crippen molar-refractivity contribution in [3.05, 3.63) is 18.5 Å². The Kier molecular flexibility index (Phi) is 3.63. The number of H-pyrrole nitrogens is 1. The average Bonchev–Trinajstić information content (AvgIpc) is 3.15.